The van der Waals surface area contributed by atoms with Crippen molar-refractivity contribution in [2.45, 2.75) is 13.0 Å². The molecule has 2 rings (SSSR count). The summed E-state index contributed by atoms with van der Waals surface area (Å²) in [6, 6.07) is 15.5. The third-order valence-electron chi connectivity index (χ3n) is 3.99. The molecule has 6 heteroatoms. The van der Waals surface area contributed by atoms with Gasteiger partial charge in [0.1, 0.15) is 5.75 Å². The van der Waals surface area contributed by atoms with E-state index in [1.54, 1.807) is 21.2 Å². The van der Waals surface area contributed by atoms with E-state index < -0.39 is 0 Å². The van der Waals surface area contributed by atoms with Crippen LogP contribution in [-0.4, -0.2) is 39.6 Å². The van der Waals surface area contributed by atoms with Gasteiger partial charge in [-0.1, -0.05) is 24.3 Å². The number of benzene rings is 2. The van der Waals surface area contributed by atoms with Crippen molar-refractivity contribution in [3.63, 3.8) is 0 Å². The van der Waals surface area contributed by atoms with Crippen LogP contribution in [0.5, 0.6) is 5.75 Å². The van der Waals surface area contributed by atoms with Crippen LogP contribution in [0.2, 0.25) is 0 Å². The second-order valence-corrected chi connectivity index (χ2v) is 5.73. The Morgan fingerprint density at radius 3 is 2.23 bits per heavy atom. The first-order valence-corrected chi connectivity index (χ1v) is 8.54. The molecule has 0 unspecified atom stereocenters. The van der Waals surface area contributed by atoms with Gasteiger partial charge in [-0.25, -0.2) is 0 Å². The monoisotopic (exact) mass is 354 g/mol. The van der Waals surface area contributed by atoms with Crippen LogP contribution in [0, 0.1) is 0 Å². The van der Waals surface area contributed by atoms with E-state index in [4.69, 9.17) is 4.74 Å². The van der Waals surface area contributed by atoms with Crippen molar-refractivity contribution in [2.24, 2.45) is 4.99 Å². The summed E-state index contributed by atoms with van der Waals surface area (Å²) in [6.07, 6.45) is 0.894. The predicted octanol–water partition coefficient (Wildman–Crippen LogP) is 1.96. The molecule has 0 saturated carbocycles. The SMILES string of the molecule is CN=C(NCCc1ccc(OC)cc1)NCc1ccc(C(=O)NC)cc1. The van der Waals surface area contributed by atoms with Crippen LogP contribution in [0.3, 0.4) is 0 Å². The first-order valence-electron chi connectivity index (χ1n) is 8.54. The standard InChI is InChI=1S/C20H26N4O2/c1-21-19(25)17-8-4-16(5-9-17)14-24-20(22-2)23-13-12-15-6-10-18(26-3)11-7-15/h4-11H,12-14H2,1-3H3,(H,21,25)(H2,22,23,24). The first-order chi connectivity index (χ1) is 12.7. The fourth-order valence-corrected chi connectivity index (χ4v) is 2.44. The molecular formula is C20H26N4O2. The minimum absolute atomic E-state index is 0.0829. The minimum atomic E-state index is -0.0829. The van der Waals surface area contributed by atoms with Gasteiger partial charge in [0, 0.05) is 32.7 Å². The number of amides is 1. The highest BCUT2D eigenvalue weighted by molar-refractivity contribution is 5.93. The van der Waals surface area contributed by atoms with Crippen molar-refractivity contribution in [1.29, 1.82) is 0 Å². The number of nitrogens with zero attached hydrogens (tertiary/aromatic N) is 1. The average molecular weight is 354 g/mol. The van der Waals surface area contributed by atoms with E-state index >= 15 is 0 Å². The lowest BCUT2D eigenvalue weighted by molar-refractivity contribution is 0.0963. The number of rotatable bonds is 7. The summed E-state index contributed by atoms with van der Waals surface area (Å²) in [4.78, 5) is 15.8. The van der Waals surface area contributed by atoms with Gasteiger partial charge < -0.3 is 20.7 Å². The quantitative estimate of drug-likeness (QED) is 0.525. The fourth-order valence-electron chi connectivity index (χ4n) is 2.44. The number of hydrogen-bond donors (Lipinski definition) is 3. The van der Waals surface area contributed by atoms with Gasteiger partial charge in [0.25, 0.3) is 5.91 Å². The number of hydrogen-bond acceptors (Lipinski definition) is 3. The Bertz CT molecular complexity index is 724. The highest BCUT2D eigenvalue weighted by atomic mass is 16.5. The number of nitrogens with one attached hydrogen (secondary N) is 3. The van der Waals surface area contributed by atoms with Crippen LogP contribution in [0.25, 0.3) is 0 Å². The predicted molar refractivity (Wildman–Crippen MR) is 105 cm³/mol. The normalized spacial score (nSPS) is 11.0. The van der Waals surface area contributed by atoms with Crippen molar-refractivity contribution in [3.05, 3.63) is 65.2 Å². The molecule has 0 aliphatic carbocycles. The number of aliphatic imine (C=N–C) groups is 1. The number of carbonyl (C=O) groups is 1. The third-order valence-corrected chi connectivity index (χ3v) is 3.99. The molecule has 0 saturated heterocycles. The maximum atomic E-state index is 11.5. The van der Waals surface area contributed by atoms with Gasteiger partial charge in [0.15, 0.2) is 5.96 Å². The zero-order valence-corrected chi connectivity index (χ0v) is 15.5. The molecule has 0 aliphatic heterocycles. The molecule has 138 valence electrons. The van der Waals surface area contributed by atoms with E-state index in [-0.39, 0.29) is 5.91 Å². The summed E-state index contributed by atoms with van der Waals surface area (Å²) in [5.41, 5.74) is 2.97. The second-order valence-electron chi connectivity index (χ2n) is 5.73. The summed E-state index contributed by atoms with van der Waals surface area (Å²) < 4.78 is 5.16. The highest BCUT2D eigenvalue weighted by Gasteiger charge is 2.03. The summed E-state index contributed by atoms with van der Waals surface area (Å²) in [5.74, 6) is 1.52. The maximum absolute atomic E-state index is 11.5. The van der Waals surface area contributed by atoms with Gasteiger partial charge in [0.05, 0.1) is 7.11 Å². The Morgan fingerprint density at radius 2 is 1.65 bits per heavy atom. The number of carbonyl (C=O) groups excluding carboxylic acids is 1. The molecular weight excluding hydrogens is 328 g/mol. The number of methoxy groups -OCH3 is 1. The average Bonchev–Trinajstić information content (AvgIpc) is 2.70. The van der Waals surface area contributed by atoms with Gasteiger partial charge in [0.2, 0.25) is 0 Å². The van der Waals surface area contributed by atoms with Gasteiger partial charge in [-0.05, 0) is 41.8 Å². The molecule has 0 radical (unpaired) electrons. The summed E-state index contributed by atoms with van der Waals surface area (Å²) in [5, 5.41) is 9.18. The Hall–Kier alpha value is -3.02. The molecule has 1 amide bonds. The lowest BCUT2D eigenvalue weighted by Crippen LogP contribution is -2.37. The van der Waals surface area contributed by atoms with Crippen LogP contribution < -0.4 is 20.7 Å². The number of ether oxygens (including phenoxy) is 1. The Morgan fingerprint density at radius 1 is 1.00 bits per heavy atom. The van der Waals surface area contributed by atoms with Crippen LogP contribution in [0.15, 0.2) is 53.5 Å². The molecule has 0 atom stereocenters. The van der Waals surface area contributed by atoms with Crippen LogP contribution >= 0.6 is 0 Å². The van der Waals surface area contributed by atoms with Gasteiger partial charge in [-0.15, -0.1) is 0 Å². The van der Waals surface area contributed by atoms with E-state index in [2.05, 4.69) is 33.1 Å². The first kappa shape index (κ1) is 19.3. The Balaban J connectivity index is 1.77. The smallest absolute Gasteiger partial charge is 0.251 e. The van der Waals surface area contributed by atoms with E-state index in [9.17, 15) is 4.79 Å². The lowest BCUT2D eigenvalue weighted by atomic mass is 10.1. The van der Waals surface area contributed by atoms with Gasteiger partial charge in [-0.2, -0.15) is 0 Å². The zero-order chi connectivity index (χ0) is 18.8. The molecule has 0 bridgehead atoms. The fraction of sp³-hybridized carbons (Fsp3) is 0.300. The molecule has 2 aromatic carbocycles. The molecule has 0 aromatic heterocycles. The van der Waals surface area contributed by atoms with Crippen LogP contribution in [0.1, 0.15) is 21.5 Å². The zero-order valence-electron chi connectivity index (χ0n) is 15.5. The van der Waals surface area contributed by atoms with Gasteiger partial charge in [-0.3, -0.25) is 9.79 Å². The number of guanidine groups is 1. The minimum Gasteiger partial charge on any atom is -0.497 e. The van der Waals surface area contributed by atoms with E-state index in [0.717, 1.165) is 30.2 Å². The molecule has 0 fully saturated rings. The Kier molecular flexibility index (Phi) is 7.49. The van der Waals surface area contributed by atoms with Crippen molar-refractivity contribution >= 4 is 11.9 Å². The summed E-state index contributed by atoms with van der Waals surface area (Å²) >= 11 is 0. The van der Waals surface area contributed by atoms with Crippen molar-refractivity contribution < 1.29 is 9.53 Å². The highest BCUT2D eigenvalue weighted by Crippen LogP contribution is 2.11. The largest absolute Gasteiger partial charge is 0.497 e. The lowest BCUT2D eigenvalue weighted by Gasteiger charge is -2.12. The third kappa shape index (κ3) is 5.81. The Labute approximate surface area is 154 Å². The molecule has 3 N–H and O–H groups in total. The molecule has 26 heavy (non-hydrogen) atoms. The molecule has 6 nitrogen and oxygen atoms in total. The van der Waals surface area contributed by atoms with E-state index in [1.165, 1.54) is 5.56 Å². The van der Waals surface area contributed by atoms with Crippen molar-refractivity contribution in [2.75, 3.05) is 27.7 Å². The van der Waals surface area contributed by atoms with Crippen molar-refractivity contribution in [3.8, 4) is 5.75 Å². The summed E-state index contributed by atoms with van der Waals surface area (Å²) in [6.45, 7) is 1.41. The van der Waals surface area contributed by atoms with E-state index in [1.807, 2.05) is 36.4 Å². The van der Waals surface area contributed by atoms with E-state index in [0.29, 0.717) is 12.1 Å². The van der Waals surface area contributed by atoms with Crippen molar-refractivity contribution in [1.82, 2.24) is 16.0 Å². The van der Waals surface area contributed by atoms with Gasteiger partial charge >= 0.3 is 0 Å². The molecule has 0 spiro atoms. The maximum Gasteiger partial charge on any atom is 0.251 e. The van der Waals surface area contributed by atoms with Crippen LogP contribution in [-0.2, 0) is 13.0 Å². The topological polar surface area (TPSA) is 74.8 Å². The molecule has 2 aromatic rings. The second kappa shape index (κ2) is 10.1. The van der Waals surface area contributed by atoms with Crippen LogP contribution in [0.4, 0.5) is 0 Å². The molecule has 0 heterocycles. The molecule has 0 aliphatic rings. The summed E-state index contributed by atoms with van der Waals surface area (Å²) in [7, 11) is 5.04.